The van der Waals surface area contributed by atoms with Gasteiger partial charge in [0.15, 0.2) is 0 Å². The van der Waals surface area contributed by atoms with E-state index in [4.69, 9.17) is 0 Å². The molecule has 24 heavy (non-hydrogen) atoms. The van der Waals surface area contributed by atoms with E-state index in [9.17, 15) is 9.59 Å². The molecule has 0 aliphatic carbocycles. The lowest BCUT2D eigenvalue weighted by Gasteiger charge is -2.10. The van der Waals surface area contributed by atoms with E-state index in [0.717, 1.165) is 21.8 Å². The molecular weight excluding hydrogens is 322 g/mol. The zero-order chi connectivity index (χ0) is 17.4. The van der Waals surface area contributed by atoms with Gasteiger partial charge >= 0.3 is 6.03 Å². The first-order valence-electron chi connectivity index (χ1n) is 7.63. The summed E-state index contributed by atoms with van der Waals surface area (Å²) in [7, 11) is 0. The van der Waals surface area contributed by atoms with Crippen LogP contribution in [0.3, 0.4) is 0 Å². The number of rotatable bonds is 6. The number of nitrogens with one attached hydrogen (secondary N) is 3. The lowest BCUT2D eigenvalue weighted by Crippen LogP contribution is -2.31. The van der Waals surface area contributed by atoms with Crippen LogP contribution in [0.15, 0.2) is 53.4 Å². The maximum absolute atomic E-state index is 11.9. The standard InChI is InChI=1S/C18H21N3O2S/c1-13-6-5-7-14(12-13)20-17(22)10-11-19-18(23)21-15-8-3-4-9-16(15)24-2/h3-9,12H,10-11H2,1-2H3,(H,20,22)(H2,19,21,23). The Kier molecular flexibility index (Phi) is 6.69. The van der Waals surface area contributed by atoms with Crippen molar-refractivity contribution in [3.05, 3.63) is 54.1 Å². The highest BCUT2D eigenvalue weighted by molar-refractivity contribution is 7.98. The number of para-hydroxylation sites is 1. The van der Waals surface area contributed by atoms with Crippen LogP contribution in [0, 0.1) is 6.92 Å². The fourth-order valence-corrected chi connectivity index (χ4v) is 2.70. The minimum atomic E-state index is -0.320. The normalized spacial score (nSPS) is 10.1. The molecule has 0 aliphatic heterocycles. The lowest BCUT2D eigenvalue weighted by molar-refractivity contribution is -0.116. The Labute approximate surface area is 146 Å². The Balaban J connectivity index is 1.75. The van der Waals surface area contributed by atoms with Gasteiger partial charge in [0.2, 0.25) is 5.91 Å². The zero-order valence-electron chi connectivity index (χ0n) is 13.8. The van der Waals surface area contributed by atoms with E-state index in [1.807, 2.05) is 61.7 Å². The summed E-state index contributed by atoms with van der Waals surface area (Å²) in [4.78, 5) is 24.8. The highest BCUT2D eigenvalue weighted by atomic mass is 32.2. The predicted molar refractivity (Wildman–Crippen MR) is 99.7 cm³/mol. The Morgan fingerprint density at radius 3 is 2.58 bits per heavy atom. The van der Waals surface area contributed by atoms with Crippen LogP contribution in [0.1, 0.15) is 12.0 Å². The fourth-order valence-electron chi connectivity index (χ4n) is 2.15. The van der Waals surface area contributed by atoms with Crippen LogP contribution in [0.5, 0.6) is 0 Å². The number of hydrogen-bond acceptors (Lipinski definition) is 3. The molecule has 0 spiro atoms. The SMILES string of the molecule is CSc1ccccc1NC(=O)NCCC(=O)Nc1cccc(C)c1. The molecule has 3 amide bonds. The Morgan fingerprint density at radius 2 is 1.83 bits per heavy atom. The highest BCUT2D eigenvalue weighted by Gasteiger charge is 2.07. The maximum atomic E-state index is 11.9. The van der Waals surface area contributed by atoms with E-state index in [0.29, 0.717) is 0 Å². The zero-order valence-corrected chi connectivity index (χ0v) is 14.6. The van der Waals surface area contributed by atoms with Crippen molar-refractivity contribution in [2.45, 2.75) is 18.2 Å². The number of thioether (sulfide) groups is 1. The van der Waals surface area contributed by atoms with Crippen molar-refractivity contribution in [1.82, 2.24) is 5.32 Å². The minimum absolute atomic E-state index is 0.134. The summed E-state index contributed by atoms with van der Waals surface area (Å²) >= 11 is 1.56. The van der Waals surface area contributed by atoms with Crippen LogP contribution in [0.2, 0.25) is 0 Å². The third-order valence-electron chi connectivity index (χ3n) is 3.29. The molecule has 0 radical (unpaired) electrons. The van der Waals surface area contributed by atoms with Crippen molar-refractivity contribution in [2.24, 2.45) is 0 Å². The summed E-state index contributed by atoms with van der Waals surface area (Å²) in [6.45, 7) is 2.24. The van der Waals surface area contributed by atoms with Gasteiger partial charge in [-0.15, -0.1) is 11.8 Å². The molecule has 2 rings (SSSR count). The van der Waals surface area contributed by atoms with Crippen molar-refractivity contribution < 1.29 is 9.59 Å². The van der Waals surface area contributed by atoms with E-state index in [1.54, 1.807) is 11.8 Å². The van der Waals surface area contributed by atoms with E-state index in [1.165, 1.54) is 0 Å². The number of amides is 3. The van der Waals surface area contributed by atoms with E-state index in [-0.39, 0.29) is 24.9 Å². The first-order chi connectivity index (χ1) is 11.6. The largest absolute Gasteiger partial charge is 0.337 e. The monoisotopic (exact) mass is 343 g/mol. The highest BCUT2D eigenvalue weighted by Crippen LogP contribution is 2.24. The molecule has 0 saturated heterocycles. The number of aryl methyl sites for hydroxylation is 1. The smallest absolute Gasteiger partial charge is 0.319 e. The van der Waals surface area contributed by atoms with Gasteiger partial charge in [-0.3, -0.25) is 4.79 Å². The summed E-state index contributed by atoms with van der Waals surface area (Å²) in [6, 6.07) is 14.8. The van der Waals surface area contributed by atoms with E-state index < -0.39 is 0 Å². The first kappa shape index (κ1) is 17.9. The molecule has 2 aromatic carbocycles. The number of carbonyl (C=O) groups is 2. The number of hydrogen-bond donors (Lipinski definition) is 3. The van der Waals surface area contributed by atoms with Crippen LogP contribution in [-0.4, -0.2) is 24.7 Å². The molecule has 0 aromatic heterocycles. The quantitative estimate of drug-likeness (QED) is 0.697. The topological polar surface area (TPSA) is 70.2 Å². The minimum Gasteiger partial charge on any atom is -0.337 e. The average Bonchev–Trinajstić information content (AvgIpc) is 2.55. The molecular formula is C18H21N3O2S. The summed E-state index contributed by atoms with van der Waals surface area (Å²) in [5, 5.41) is 8.29. The molecule has 0 unspecified atom stereocenters. The van der Waals surface area contributed by atoms with Crippen LogP contribution in [0.4, 0.5) is 16.2 Å². The number of benzene rings is 2. The van der Waals surface area contributed by atoms with Crippen LogP contribution < -0.4 is 16.0 Å². The van der Waals surface area contributed by atoms with E-state index in [2.05, 4.69) is 16.0 Å². The predicted octanol–water partition coefficient (Wildman–Crippen LogP) is 3.87. The van der Waals surface area contributed by atoms with Gasteiger partial charge in [0.1, 0.15) is 0 Å². The third-order valence-corrected chi connectivity index (χ3v) is 4.09. The van der Waals surface area contributed by atoms with Gasteiger partial charge < -0.3 is 16.0 Å². The van der Waals surface area contributed by atoms with Crippen LogP contribution in [0.25, 0.3) is 0 Å². The summed E-state index contributed by atoms with van der Waals surface area (Å²) in [5.74, 6) is -0.134. The second-order valence-corrected chi connectivity index (χ2v) is 6.10. The Morgan fingerprint density at radius 1 is 1.04 bits per heavy atom. The molecule has 0 aliphatic rings. The Bertz CT molecular complexity index is 719. The fraction of sp³-hybridized carbons (Fsp3) is 0.222. The summed E-state index contributed by atoms with van der Waals surface area (Å²) in [6.07, 6.45) is 2.17. The molecule has 0 saturated carbocycles. The molecule has 0 fully saturated rings. The number of anilines is 2. The van der Waals surface area contributed by atoms with Crippen molar-refractivity contribution in [3.63, 3.8) is 0 Å². The molecule has 6 heteroatoms. The second kappa shape index (κ2) is 8.98. The molecule has 0 heterocycles. The van der Waals surface area contributed by atoms with Gasteiger partial charge in [0.25, 0.3) is 0 Å². The van der Waals surface area contributed by atoms with Crippen LogP contribution in [-0.2, 0) is 4.79 Å². The van der Waals surface area contributed by atoms with Gasteiger partial charge in [-0.2, -0.15) is 0 Å². The third kappa shape index (κ3) is 5.62. The molecule has 2 aromatic rings. The molecule has 0 bridgehead atoms. The number of urea groups is 1. The van der Waals surface area contributed by atoms with Crippen molar-refractivity contribution in [3.8, 4) is 0 Å². The summed E-state index contributed by atoms with van der Waals surface area (Å²) in [5.41, 5.74) is 2.60. The summed E-state index contributed by atoms with van der Waals surface area (Å²) < 4.78 is 0. The van der Waals surface area contributed by atoms with Gasteiger partial charge in [-0.05, 0) is 43.0 Å². The van der Waals surface area contributed by atoms with Crippen LogP contribution >= 0.6 is 11.8 Å². The molecule has 5 nitrogen and oxygen atoms in total. The first-order valence-corrected chi connectivity index (χ1v) is 8.85. The van der Waals surface area contributed by atoms with Gasteiger partial charge in [0, 0.05) is 23.5 Å². The number of carbonyl (C=O) groups excluding carboxylic acids is 2. The van der Waals surface area contributed by atoms with Gasteiger partial charge in [0.05, 0.1) is 5.69 Å². The van der Waals surface area contributed by atoms with Crippen molar-refractivity contribution in [1.29, 1.82) is 0 Å². The molecule has 3 N–H and O–H groups in total. The Hall–Kier alpha value is -2.47. The van der Waals surface area contributed by atoms with Crippen molar-refractivity contribution in [2.75, 3.05) is 23.4 Å². The second-order valence-electron chi connectivity index (χ2n) is 5.25. The van der Waals surface area contributed by atoms with Crippen molar-refractivity contribution >= 4 is 35.1 Å². The molecule has 126 valence electrons. The maximum Gasteiger partial charge on any atom is 0.319 e. The van der Waals surface area contributed by atoms with Gasteiger partial charge in [-0.1, -0.05) is 24.3 Å². The lowest BCUT2D eigenvalue weighted by atomic mass is 10.2. The van der Waals surface area contributed by atoms with E-state index >= 15 is 0 Å². The average molecular weight is 343 g/mol. The molecule has 0 atom stereocenters. The van der Waals surface area contributed by atoms with Gasteiger partial charge in [-0.25, -0.2) is 4.79 Å².